The van der Waals surface area contributed by atoms with Crippen molar-refractivity contribution in [1.29, 1.82) is 0 Å². The Morgan fingerprint density at radius 2 is 2.11 bits per heavy atom. The first-order valence-corrected chi connectivity index (χ1v) is 7.10. The molecule has 0 aliphatic rings. The van der Waals surface area contributed by atoms with Gasteiger partial charge in [-0.2, -0.15) is 0 Å². The molecule has 1 aromatic rings. The molecule has 0 spiro atoms. The zero-order chi connectivity index (χ0) is 14.1. The molecule has 0 saturated heterocycles. The minimum atomic E-state index is 0.694. The molecule has 0 aliphatic carbocycles. The van der Waals surface area contributed by atoms with Gasteiger partial charge in [-0.3, -0.25) is 0 Å². The Morgan fingerprint density at radius 1 is 1.32 bits per heavy atom. The minimum absolute atomic E-state index is 0.694. The molecule has 0 bridgehead atoms. The number of rotatable bonds is 9. The molecule has 0 unspecified atom stereocenters. The molecular formula is C14H27N5. The number of aromatic nitrogens is 2. The lowest BCUT2D eigenvalue weighted by Gasteiger charge is -2.19. The van der Waals surface area contributed by atoms with Gasteiger partial charge in [0.05, 0.1) is 0 Å². The highest BCUT2D eigenvalue weighted by Gasteiger charge is 2.04. The maximum atomic E-state index is 5.47. The summed E-state index contributed by atoms with van der Waals surface area (Å²) in [5.41, 5.74) is 5.47. The number of anilines is 2. The van der Waals surface area contributed by atoms with Gasteiger partial charge in [0.1, 0.15) is 18.0 Å². The largest absolute Gasteiger partial charge is 0.370 e. The van der Waals surface area contributed by atoms with Crippen molar-refractivity contribution in [1.82, 2.24) is 9.97 Å². The monoisotopic (exact) mass is 265 g/mol. The lowest BCUT2D eigenvalue weighted by molar-refractivity contribution is 0.555. The van der Waals surface area contributed by atoms with E-state index in [0.717, 1.165) is 37.1 Å². The first-order chi connectivity index (χ1) is 9.13. The normalized spacial score (nSPS) is 10.8. The van der Waals surface area contributed by atoms with E-state index in [4.69, 9.17) is 5.73 Å². The Kier molecular flexibility index (Phi) is 7.18. The highest BCUT2D eigenvalue weighted by Crippen LogP contribution is 2.14. The van der Waals surface area contributed by atoms with Crippen LogP contribution in [0.25, 0.3) is 0 Å². The third-order valence-electron chi connectivity index (χ3n) is 3.01. The second-order valence-corrected chi connectivity index (χ2v) is 5.29. The van der Waals surface area contributed by atoms with Crippen LogP contribution < -0.4 is 16.0 Å². The topological polar surface area (TPSA) is 67.1 Å². The van der Waals surface area contributed by atoms with Crippen LogP contribution >= 0.6 is 0 Å². The van der Waals surface area contributed by atoms with Gasteiger partial charge in [-0.05, 0) is 31.7 Å². The predicted molar refractivity (Wildman–Crippen MR) is 81.5 cm³/mol. The van der Waals surface area contributed by atoms with Crippen LogP contribution in [0.2, 0.25) is 0 Å². The van der Waals surface area contributed by atoms with Crippen molar-refractivity contribution < 1.29 is 0 Å². The summed E-state index contributed by atoms with van der Waals surface area (Å²) in [6.07, 6.45) is 4.99. The van der Waals surface area contributed by atoms with E-state index in [1.165, 1.54) is 12.8 Å². The van der Waals surface area contributed by atoms with E-state index < -0.39 is 0 Å². The quantitative estimate of drug-likeness (QED) is 0.669. The third kappa shape index (κ3) is 6.38. The fourth-order valence-electron chi connectivity index (χ4n) is 1.82. The average molecular weight is 265 g/mol. The first-order valence-electron chi connectivity index (χ1n) is 7.10. The van der Waals surface area contributed by atoms with Crippen LogP contribution in [0.15, 0.2) is 12.4 Å². The summed E-state index contributed by atoms with van der Waals surface area (Å²) in [7, 11) is 2.08. The second kappa shape index (κ2) is 8.69. The van der Waals surface area contributed by atoms with Crippen molar-refractivity contribution in [2.24, 2.45) is 11.7 Å². The summed E-state index contributed by atoms with van der Waals surface area (Å²) >= 11 is 0. The van der Waals surface area contributed by atoms with E-state index in [1.807, 2.05) is 6.07 Å². The van der Waals surface area contributed by atoms with Crippen molar-refractivity contribution >= 4 is 11.6 Å². The maximum absolute atomic E-state index is 5.47. The fraction of sp³-hybridized carbons (Fsp3) is 0.714. The molecule has 19 heavy (non-hydrogen) atoms. The van der Waals surface area contributed by atoms with E-state index in [-0.39, 0.29) is 0 Å². The molecule has 5 nitrogen and oxygen atoms in total. The summed E-state index contributed by atoms with van der Waals surface area (Å²) in [5, 5.41) is 3.26. The summed E-state index contributed by atoms with van der Waals surface area (Å²) in [6, 6.07) is 1.99. The van der Waals surface area contributed by atoms with Crippen molar-refractivity contribution in [2.45, 2.75) is 33.1 Å². The van der Waals surface area contributed by atoms with Crippen LogP contribution in [0.5, 0.6) is 0 Å². The Balaban J connectivity index is 2.45. The second-order valence-electron chi connectivity index (χ2n) is 5.29. The molecule has 1 heterocycles. The van der Waals surface area contributed by atoms with Gasteiger partial charge in [-0.15, -0.1) is 0 Å². The Bertz CT molecular complexity index is 353. The highest BCUT2D eigenvalue weighted by atomic mass is 15.2. The number of nitrogens with zero attached hydrogens (tertiary/aromatic N) is 3. The lowest BCUT2D eigenvalue weighted by Crippen LogP contribution is -2.20. The van der Waals surface area contributed by atoms with Crippen LogP contribution in [-0.2, 0) is 0 Å². The Labute approximate surface area is 116 Å². The van der Waals surface area contributed by atoms with Crippen LogP contribution in [0.3, 0.4) is 0 Å². The number of nitrogens with two attached hydrogens (primary N) is 1. The summed E-state index contributed by atoms with van der Waals surface area (Å²) in [5.74, 6) is 2.59. The van der Waals surface area contributed by atoms with E-state index in [9.17, 15) is 0 Å². The number of nitrogens with one attached hydrogen (secondary N) is 1. The van der Waals surface area contributed by atoms with Gasteiger partial charge in [-0.1, -0.05) is 13.8 Å². The van der Waals surface area contributed by atoms with E-state index >= 15 is 0 Å². The molecule has 0 aliphatic heterocycles. The molecule has 1 aromatic heterocycles. The standard InChI is InChI=1S/C14H27N5/c1-12(2)6-4-9-19(3)14-10-13(17-11-18-14)16-8-5-7-15/h10-12H,4-9,15H2,1-3H3,(H,16,17,18). The molecule has 1 rings (SSSR count). The highest BCUT2D eigenvalue weighted by molar-refractivity contribution is 5.47. The van der Waals surface area contributed by atoms with Crippen molar-refractivity contribution in [3.63, 3.8) is 0 Å². The van der Waals surface area contributed by atoms with Crippen molar-refractivity contribution in [3.8, 4) is 0 Å². The predicted octanol–water partition coefficient (Wildman–Crippen LogP) is 2.11. The van der Waals surface area contributed by atoms with Gasteiger partial charge >= 0.3 is 0 Å². The molecule has 0 saturated carbocycles. The molecule has 0 aromatic carbocycles. The fourth-order valence-corrected chi connectivity index (χ4v) is 1.82. The molecule has 3 N–H and O–H groups in total. The third-order valence-corrected chi connectivity index (χ3v) is 3.01. The van der Waals surface area contributed by atoms with E-state index in [0.29, 0.717) is 6.54 Å². The Hall–Kier alpha value is -1.36. The van der Waals surface area contributed by atoms with E-state index in [2.05, 4.69) is 41.1 Å². The number of hydrogen-bond acceptors (Lipinski definition) is 5. The zero-order valence-electron chi connectivity index (χ0n) is 12.4. The molecule has 0 fully saturated rings. The summed E-state index contributed by atoms with van der Waals surface area (Å²) < 4.78 is 0. The van der Waals surface area contributed by atoms with Crippen molar-refractivity contribution in [3.05, 3.63) is 12.4 Å². The van der Waals surface area contributed by atoms with Gasteiger partial charge in [0.15, 0.2) is 0 Å². The van der Waals surface area contributed by atoms with Crippen molar-refractivity contribution in [2.75, 3.05) is 36.9 Å². The zero-order valence-corrected chi connectivity index (χ0v) is 12.4. The molecule has 0 amide bonds. The molecule has 5 heteroatoms. The van der Waals surface area contributed by atoms with Crippen LogP contribution in [0, 0.1) is 5.92 Å². The van der Waals surface area contributed by atoms with Gasteiger partial charge in [0.25, 0.3) is 0 Å². The summed E-state index contributed by atoms with van der Waals surface area (Å²) in [4.78, 5) is 10.7. The van der Waals surface area contributed by atoms with Gasteiger partial charge in [0, 0.05) is 26.2 Å². The van der Waals surface area contributed by atoms with Crippen LogP contribution in [0.1, 0.15) is 33.1 Å². The van der Waals surface area contributed by atoms with E-state index in [1.54, 1.807) is 6.33 Å². The van der Waals surface area contributed by atoms with Gasteiger partial charge < -0.3 is 16.0 Å². The smallest absolute Gasteiger partial charge is 0.133 e. The molecule has 108 valence electrons. The van der Waals surface area contributed by atoms with Gasteiger partial charge in [0.2, 0.25) is 0 Å². The number of hydrogen-bond donors (Lipinski definition) is 2. The molecule has 0 radical (unpaired) electrons. The summed E-state index contributed by atoms with van der Waals surface area (Å²) in [6.45, 7) is 7.08. The minimum Gasteiger partial charge on any atom is -0.370 e. The SMILES string of the molecule is CC(C)CCCN(C)c1cc(NCCCN)ncn1. The maximum Gasteiger partial charge on any atom is 0.133 e. The van der Waals surface area contributed by atoms with Crippen LogP contribution in [-0.4, -0.2) is 36.6 Å². The lowest BCUT2D eigenvalue weighted by atomic mass is 10.1. The van der Waals surface area contributed by atoms with Crippen LogP contribution in [0.4, 0.5) is 11.6 Å². The first kappa shape index (κ1) is 15.7. The molecule has 0 atom stereocenters. The van der Waals surface area contributed by atoms with Gasteiger partial charge in [-0.25, -0.2) is 9.97 Å². The molecular weight excluding hydrogens is 238 g/mol. The Morgan fingerprint density at radius 3 is 2.79 bits per heavy atom. The average Bonchev–Trinajstić information content (AvgIpc) is 2.39.